The Balaban J connectivity index is 2.91. The second-order valence-electron chi connectivity index (χ2n) is 5.17. The number of sulfonamides is 1. The van der Waals surface area contributed by atoms with Gasteiger partial charge in [-0.25, -0.2) is 13.1 Å². The number of nitriles is 1. The number of ether oxygens (including phenoxy) is 2. The minimum atomic E-state index is -3.80. The number of nitrogens with one attached hydrogen (secondary N) is 1. The van der Waals surface area contributed by atoms with Gasteiger partial charge in [-0.3, -0.25) is 4.79 Å². The van der Waals surface area contributed by atoms with Crippen LogP contribution in [0.2, 0.25) is 0 Å². The van der Waals surface area contributed by atoms with Gasteiger partial charge < -0.3 is 9.47 Å². The molecule has 0 saturated heterocycles. The zero-order valence-corrected chi connectivity index (χ0v) is 14.1. The number of hydrogen-bond acceptors (Lipinski definition) is 6. The molecule has 23 heavy (non-hydrogen) atoms. The highest BCUT2D eigenvalue weighted by molar-refractivity contribution is 7.90. The number of hydrogen-bond donors (Lipinski definition) is 1. The molecule has 1 aromatic rings. The van der Waals surface area contributed by atoms with Gasteiger partial charge in [0.15, 0.2) is 6.10 Å². The Bertz CT molecular complexity index is 679. The molecule has 0 bridgehead atoms. The van der Waals surface area contributed by atoms with Crippen LogP contribution in [-0.4, -0.2) is 39.9 Å². The Morgan fingerprint density at radius 1 is 1.35 bits per heavy atom. The van der Waals surface area contributed by atoms with Crippen molar-refractivity contribution in [3.8, 4) is 11.8 Å². The molecule has 1 atom stereocenters. The van der Waals surface area contributed by atoms with Crippen LogP contribution in [0.4, 0.5) is 0 Å². The summed E-state index contributed by atoms with van der Waals surface area (Å²) in [5.74, 6) is -1.16. The van der Waals surface area contributed by atoms with Gasteiger partial charge in [0, 0.05) is 7.11 Å². The number of methoxy groups -OCH3 is 1. The molecular weight excluding hydrogens is 320 g/mol. The molecule has 1 rings (SSSR count). The molecule has 0 aliphatic carbocycles. The topological polar surface area (TPSA) is 105 Å². The van der Waals surface area contributed by atoms with E-state index in [-0.39, 0.29) is 29.6 Å². The van der Waals surface area contributed by atoms with Crippen molar-refractivity contribution in [2.45, 2.75) is 20.0 Å². The first-order valence-corrected chi connectivity index (χ1v) is 8.65. The first-order valence-electron chi connectivity index (χ1n) is 6.99. The third-order valence-corrected chi connectivity index (χ3v) is 4.15. The summed E-state index contributed by atoms with van der Waals surface area (Å²) < 4.78 is 35.8. The summed E-state index contributed by atoms with van der Waals surface area (Å²) in [6.07, 6.45) is -1.04. The predicted octanol–water partition coefficient (Wildman–Crippen LogP) is 1.05. The molecule has 1 aromatic carbocycles. The van der Waals surface area contributed by atoms with Crippen LogP contribution >= 0.6 is 0 Å². The number of carbonyl (C=O) groups excluding carboxylic acids is 1. The first-order chi connectivity index (χ1) is 10.8. The van der Waals surface area contributed by atoms with Crippen molar-refractivity contribution in [3.63, 3.8) is 0 Å². The van der Waals surface area contributed by atoms with E-state index in [1.165, 1.54) is 7.11 Å². The summed E-state index contributed by atoms with van der Waals surface area (Å²) >= 11 is 0. The maximum Gasteiger partial charge on any atom is 0.274 e. The van der Waals surface area contributed by atoms with E-state index in [0.29, 0.717) is 0 Å². The van der Waals surface area contributed by atoms with E-state index in [1.807, 2.05) is 10.8 Å². The molecule has 0 fully saturated rings. The van der Waals surface area contributed by atoms with Gasteiger partial charge in [-0.15, -0.1) is 0 Å². The van der Waals surface area contributed by atoms with Crippen LogP contribution < -0.4 is 9.46 Å². The number of nitrogens with zero attached hydrogens (tertiary/aromatic N) is 1. The third-order valence-electron chi connectivity index (χ3n) is 2.94. The number of benzene rings is 1. The minimum absolute atomic E-state index is 0.0208. The van der Waals surface area contributed by atoms with Crippen LogP contribution in [0.5, 0.6) is 5.75 Å². The van der Waals surface area contributed by atoms with E-state index in [0.717, 1.165) is 0 Å². The van der Waals surface area contributed by atoms with Crippen LogP contribution in [0.15, 0.2) is 24.3 Å². The van der Waals surface area contributed by atoms with E-state index < -0.39 is 22.0 Å². The zero-order chi connectivity index (χ0) is 17.5. The highest BCUT2D eigenvalue weighted by Crippen LogP contribution is 2.20. The summed E-state index contributed by atoms with van der Waals surface area (Å²) in [4.78, 5) is 12.2. The van der Waals surface area contributed by atoms with Crippen LogP contribution in [-0.2, 0) is 19.6 Å². The smallest absolute Gasteiger partial charge is 0.274 e. The molecule has 0 heterocycles. The normalized spacial score (nSPS) is 12.5. The van der Waals surface area contributed by atoms with Crippen LogP contribution in [0.3, 0.4) is 0 Å². The second-order valence-corrected chi connectivity index (χ2v) is 7.01. The average molecular weight is 340 g/mol. The molecule has 0 unspecified atom stereocenters. The van der Waals surface area contributed by atoms with E-state index >= 15 is 0 Å². The van der Waals surface area contributed by atoms with Crippen molar-refractivity contribution in [2.24, 2.45) is 5.92 Å². The molecule has 0 saturated carbocycles. The maximum absolute atomic E-state index is 12.2. The molecule has 7 nitrogen and oxygen atoms in total. The molecule has 8 heteroatoms. The lowest BCUT2D eigenvalue weighted by molar-refractivity contribution is -0.127. The molecule has 126 valence electrons. The monoisotopic (exact) mass is 340 g/mol. The fraction of sp³-hybridized carbons (Fsp3) is 0.467. The Labute approximate surface area is 136 Å². The number of para-hydroxylation sites is 1. The largest absolute Gasteiger partial charge is 0.479 e. The standard InChI is InChI=1S/C15H20N2O5S/c1-11(2)14(15(18)17-23(19,20)9-8-21-3)22-13-7-5-4-6-12(13)10-16/h4-7,11,14H,8-9H2,1-3H3,(H,17,18)/t14-/m0/s1. The van der Waals surface area contributed by atoms with Gasteiger partial charge in [0.05, 0.1) is 17.9 Å². The lowest BCUT2D eigenvalue weighted by Crippen LogP contribution is -2.45. The Hall–Kier alpha value is -2.11. The van der Waals surface area contributed by atoms with E-state index in [2.05, 4.69) is 0 Å². The van der Waals surface area contributed by atoms with Gasteiger partial charge in [0.1, 0.15) is 11.8 Å². The second kappa shape index (κ2) is 8.50. The number of carbonyl (C=O) groups is 1. The number of amides is 1. The summed E-state index contributed by atoms with van der Waals surface area (Å²) in [7, 11) is -2.43. The van der Waals surface area contributed by atoms with E-state index in [1.54, 1.807) is 38.1 Å². The van der Waals surface area contributed by atoms with Crippen molar-refractivity contribution >= 4 is 15.9 Å². The van der Waals surface area contributed by atoms with Crippen LogP contribution in [0.25, 0.3) is 0 Å². The van der Waals surface area contributed by atoms with Gasteiger partial charge >= 0.3 is 0 Å². The van der Waals surface area contributed by atoms with E-state index in [9.17, 15) is 13.2 Å². The molecule has 0 aromatic heterocycles. The molecule has 1 N–H and O–H groups in total. The zero-order valence-electron chi connectivity index (χ0n) is 13.3. The Kier molecular flexibility index (Phi) is 7.00. The average Bonchev–Trinajstić information content (AvgIpc) is 2.50. The molecular formula is C15H20N2O5S. The highest BCUT2D eigenvalue weighted by atomic mass is 32.2. The lowest BCUT2D eigenvalue weighted by Gasteiger charge is -2.22. The first kappa shape index (κ1) is 18.9. The third kappa shape index (κ3) is 5.88. The van der Waals surface area contributed by atoms with Crippen molar-refractivity contribution in [3.05, 3.63) is 29.8 Å². The highest BCUT2D eigenvalue weighted by Gasteiger charge is 2.28. The molecule has 0 aliphatic heterocycles. The van der Waals surface area contributed by atoms with Gasteiger partial charge in [-0.2, -0.15) is 5.26 Å². The predicted molar refractivity (Wildman–Crippen MR) is 84.2 cm³/mol. The Morgan fingerprint density at radius 2 is 2.00 bits per heavy atom. The van der Waals surface area contributed by atoms with Gasteiger partial charge in [-0.1, -0.05) is 26.0 Å². The lowest BCUT2D eigenvalue weighted by atomic mass is 10.1. The van der Waals surface area contributed by atoms with Gasteiger partial charge in [0.25, 0.3) is 5.91 Å². The molecule has 0 radical (unpaired) electrons. The van der Waals surface area contributed by atoms with Crippen molar-refractivity contribution in [2.75, 3.05) is 19.5 Å². The van der Waals surface area contributed by atoms with Gasteiger partial charge in [0.2, 0.25) is 10.0 Å². The summed E-state index contributed by atoms with van der Waals surface area (Å²) in [5, 5.41) is 9.05. The van der Waals surface area contributed by atoms with E-state index in [4.69, 9.17) is 14.7 Å². The van der Waals surface area contributed by atoms with Crippen LogP contribution in [0, 0.1) is 17.2 Å². The minimum Gasteiger partial charge on any atom is -0.479 e. The molecule has 0 spiro atoms. The van der Waals surface area contributed by atoms with Crippen molar-refractivity contribution in [1.82, 2.24) is 4.72 Å². The Morgan fingerprint density at radius 3 is 2.57 bits per heavy atom. The maximum atomic E-state index is 12.2. The number of rotatable bonds is 8. The summed E-state index contributed by atoms with van der Waals surface area (Å²) in [6.45, 7) is 3.43. The van der Waals surface area contributed by atoms with Crippen molar-refractivity contribution < 1.29 is 22.7 Å². The summed E-state index contributed by atoms with van der Waals surface area (Å²) in [5.41, 5.74) is 0.271. The quantitative estimate of drug-likeness (QED) is 0.758. The molecule has 0 aliphatic rings. The fourth-order valence-corrected chi connectivity index (χ4v) is 2.66. The van der Waals surface area contributed by atoms with Crippen molar-refractivity contribution in [1.29, 1.82) is 5.26 Å². The SMILES string of the molecule is COCCS(=O)(=O)NC(=O)[C@@H](Oc1ccccc1C#N)C(C)C. The molecule has 1 amide bonds. The fourth-order valence-electron chi connectivity index (χ4n) is 1.75. The van der Waals surface area contributed by atoms with Crippen LogP contribution in [0.1, 0.15) is 19.4 Å². The van der Waals surface area contributed by atoms with Gasteiger partial charge in [-0.05, 0) is 18.1 Å². The summed E-state index contributed by atoms with van der Waals surface area (Å²) in [6, 6.07) is 8.41.